The van der Waals surface area contributed by atoms with Gasteiger partial charge < -0.3 is 20.3 Å². The highest BCUT2D eigenvalue weighted by Gasteiger charge is 2.42. The number of rotatable bonds is 9. The van der Waals surface area contributed by atoms with Gasteiger partial charge in [0.05, 0.1) is 18.6 Å². The summed E-state index contributed by atoms with van der Waals surface area (Å²) >= 11 is 0. The smallest absolute Gasteiger partial charge is 0.230 e. The molecule has 2 aromatic rings. The van der Waals surface area contributed by atoms with Gasteiger partial charge in [-0.15, -0.1) is 0 Å². The van der Waals surface area contributed by atoms with E-state index in [0.29, 0.717) is 32.3 Å². The number of nitrogens with one attached hydrogen (secondary N) is 2. The molecule has 2 N–H and O–H groups in total. The Balaban J connectivity index is 1.54. The zero-order valence-electron chi connectivity index (χ0n) is 19.6. The third-order valence-electron chi connectivity index (χ3n) is 6.17. The Bertz CT molecular complexity index is 890. The molecule has 0 atom stereocenters. The molecule has 0 heterocycles. The Hall–Kier alpha value is -2.86. The van der Waals surface area contributed by atoms with Crippen LogP contribution in [-0.2, 0) is 29.3 Å². The molecule has 0 unspecified atom stereocenters. The highest BCUT2D eigenvalue weighted by Crippen LogP contribution is 2.38. The van der Waals surface area contributed by atoms with E-state index in [2.05, 4.69) is 39.9 Å². The fraction of sp³-hybridized carbons (Fsp3) is 0.462. The molecule has 0 bridgehead atoms. The van der Waals surface area contributed by atoms with E-state index < -0.39 is 0 Å². The molecule has 0 spiro atoms. The van der Waals surface area contributed by atoms with E-state index in [1.165, 1.54) is 11.1 Å². The molecule has 1 amide bonds. The van der Waals surface area contributed by atoms with Crippen molar-refractivity contribution in [1.29, 1.82) is 0 Å². The number of carbonyl (C=O) groups excluding carboxylic acids is 1. The quantitative estimate of drug-likeness (QED) is 0.465. The van der Waals surface area contributed by atoms with Crippen LogP contribution in [0.3, 0.4) is 0 Å². The van der Waals surface area contributed by atoms with Crippen LogP contribution in [0.5, 0.6) is 0 Å². The Kier molecular flexibility index (Phi) is 8.68. The van der Waals surface area contributed by atoms with Crippen molar-refractivity contribution in [1.82, 2.24) is 15.5 Å². The molecule has 0 saturated heterocycles. The van der Waals surface area contributed by atoms with Crippen molar-refractivity contribution in [2.75, 3.05) is 27.7 Å². The van der Waals surface area contributed by atoms with Crippen LogP contribution in [0.2, 0.25) is 0 Å². The number of hydrogen-bond donors (Lipinski definition) is 2. The average Bonchev–Trinajstić information content (AvgIpc) is 3.30. The first-order valence-corrected chi connectivity index (χ1v) is 11.4. The number of nitrogens with zero attached hydrogens (tertiary/aromatic N) is 2. The Morgan fingerprint density at radius 1 is 0.969 bits per heavy atom. The SMILES string of the molecule is CN=C(NCc1ccccc1COCc1ccccc1)NCC1(C(=O)N(C)C)CCCC1. The van der Waals surface area contributed by atoms with Crippen LogP contribution in [0.15, 0.2) is 59.6 Å². The largest absolute Gasteiger partial charge is 0.372 e. The lowest BCUT2D eigenvalue weighted by molar-refractivity contribution is -0.138. The van der Waals surface area contributed by atoms with Crippen LogP contribution >= 0.6 is 0 Å². The molecule has 6 nitrogen and oxygen atoms in total. The monoisotopic (exact) mass is 436 g/mol. The molecule has 1 aliphatic carbocycles. The summed E-state index contributed by atoms with van der Waals surface area (Å²) in [4.78, 5) is 18.9. The van der Waals surface area contributed by atoms with Gasteiger partial charge >= 0.3 is 0 Å². The Morgan fingerprint density at radius 2 is 1.62 bits per heavy atom. The van der Waals surface area contributed by atoms with E-state index in [1.807, 2.05) is 44.4 Å². The lowest BCUT2D eigenvalue weighted by Crippen LogP contribution is -2.49. The van der Waals surface area contributed by atoms with Crippen LogP contribution in [0.25, 0.3) is 0 Å². The second-order valence-electron chi connectivity index (χ2n) is 8.71. The highest BCUT2D eigenvalue weighted by atomic mass is 16.5. The molecule has 1 aliphatic rings. The molecule has 0 radical (unpaired) electrons. The van der Waals surface area contributed by atoms with Gasteiger partial charge in [-0.25, -0.2) is 0 Å². The predicted octanol–water partition coefficient (Wildman–Crippen LogP) is 3.72. The molecule has 3 rings (SSSR count). The summed E-state index contributed by atoms with van der Waals surface area (Å²) < 4.78 is 5.94. The van der Waals surface area contributed by atoms with Crippen LogP contribution in [0.4, 0.5) is 0 Å². The van der Waals surface area contributed by atoms with E-state index >= 15 is 0 Å². The minimum atomic E-state index is -0.329. The Morgan fingerprint density at radius 3 is 2.28 bits per heavy atom. The molecule has 0 aliphatic heterocycles. The molecule has 172 valence electrons. The van der Waals surface area contributed by atoms with Gasteiger partial charge in [-0.3, -0.25) is 9.79 Å². The lowest BCUT2D eigenvalue weighted by Gasteiger charge is -2.31. The van der Waals surface area contributed by atoms with Crippen molar-refractivity contribution in [2.45, 2.75) is 45.4 Å². The van der Waals surface area contributed by atoms with Gasteiger partial charge in [-0.1, -0.05) is 67.4 Å². The maximum atomic E-state index is 12.8. The van der Waals surface area contributed by atoms with Crippen molar-refractivity contribution < 1.29 is 9.53 Å². The summed E-state index contributed by atoms with van der Waals surface area (Å²) in [7, 11) is 5.44. The normalized spacial score (nSPS) is 15.4. The van der Waals surface area contributed by atoms with Crippen molar-refractivity contribution in [3.8, 4) is 0 Å². The highest BCUT2D eigenvalue weighted by molar-refractivity contribution is 5.85. The third-order valence-corrected chi connectivity index (χ3v) is 6.17. The van der Waals surface area contributed by atoms with E-state index in [9.17, 15) is 4.79 Å². The second-order valence-corrected chi connectivity index (χ2v) is 8.71. The first-order chi connectivity index (χ1) is 15.5. The molecule has 0 aromatic heterocycles. The van der Waals surface area contributed by atoms with Gasteiger partial charge in [0.2, 0.25) is 5.91 Å². The number of hydrogen-bond acceptors (Lipinski definition) is 3. The van der Waals surface area contributed by atoms with Crippen molar-refractivity contribution in [3.63, 3.8) is 0 Å². The predicted molar refractivity (Wildman–Crippen MR) is 129 cm³/mol. The number of aliphatic imine (C=N–C) groups is 1. The maximum absolute atomic E-state index is 12.8. The topological polar surface area (TPSA) is 66.0 Å². The van der Waals surface area contributed by atoms with Gasteiger partial charge in [0, 0.05) is 34.2 Å². The van der Waals surface area contributed by atoms with Gasteiger partial charge in [0.25, 0.3) is 0 Å². The lowest BCUT2D eigenvalue weighted by atomic mass is 9.84. The van der Waals surface area contributed by atoms with Crippen LogP contribution in [0.1, 0.15) is 42.4 Å². The first kappa shape index (κ1) is 23.8. The number of guanidine groups is 1. The van der Waals surface area contributed by atoms with Crippen molar-refractivity contribution in [3.05, 3.63) is 71.3 Å². The summed E-state index contributed by atoms with van der Waals surface area (Å²) in [5, 5.41) is 6.80. The number of benzene rings is 2. The summed E-state index contributed by atoms with van der Waals surface area (Å²) in [6.45, 7) is 2.39. The van der Waals surface area contributed by atoms with Crippen molar-refractivity contribution >= 4 is 11.9 Å². The zero-order chi connectivity index (χ0) is 22.8. The van der Waals surface area contributed by atoms with E-state index in [1.54, 1.807) is 11.9 Å². The molecule has 1 fully saturated rings. The Labute approximate surface area is 192 Å². The maximum Gasteiger partial charge on any atom is 0.230 e. The first-order valence-electron chi connectivity index (χ1n) is 11.4. The van der Waals surface area contributed by atoms with E-state index in [0.717, 1.165) is 31.2 Å². The second kappa shape index (κ2) is 11.7. The van der Waals surface area contributed by atoms with Gasteiger partial charge in [0.1, 0.15) is 0 Å². The number of carbonyl (C=O) groups is 1. The van der Waals surface area contributed by atoms with Gasteiger partial charge in [-0.2, -0.15) is 0 Å². The van der Waals surface area contributed by atoms with Crippen LogP contribution < -0.4 is 10.6 Å². The van der Waals surface area contributed by atoms with E-state index in [-0.39, 0.29) is 11.3 Å². The fourth-order valence-corrected chi connectivity index (χ4v) is 4.37. The van der Waals surface area contributed by atoms with E-state index in [4.69, 9.17) is 4.74 Å². The number of amides is 1. The summed E-state index contributed by atoms with van der Waals surface area (Å²) in [6, 6.07) is 18.5. The fourth-order valence-electron chi connectivity index (χ4n) is 4.37. The minimum Gasteiger partial charge on any atom is -0.372 e. The molecule has 32 heavy (non-hydrogen) atoms. The molecular weight excluding hydrogens is 400 g/mol. The summed E-state index contributed by atoms with van der Waals surface area (Å²) in [6.07, 6.45) is 4.05. The van der Waals surface area contributed by atoms with Crippen LogP contribution in [-0.4, -0.2) is 44.5 Å². The van der Waals surface area contributed by atoms with Gasteiger partial charge in [-0.05, 0) is 29.5 Å². The molecule has 1 saturated carbocycles. The van der Waals surface area contributed by atoms with Crippen LogP contribution in [0, 0.1) is 5.41 Å². The zero-order valence-corrected chi connectivity index (χ0v) is 19.6. The molecular formula is C26H36N4O2. The minimum absolute atomic E-state index is 0.207. The molecule has 6 heteroatoms. The summed E-state index contributed by atoms with van der Waals surface area (Å²) in [5.74, 6) is 0.918. The average molecular weight is 437 g/mol. The number of ether oxygens (including phenoxy) is 1. The van der Waals surface area contributed by atoms with Gasteiger partial charge in [0.15, 0.2) is 5.96 Å². The molecule has 2 aromatic carbocycles. The summed E-state index contributed by atoms with van der Waals surface area (Å²) in [5.41, 5.74) is 3.16. The third kappa shape index (κ3) is 6.33. The van der Waals surface area contributed by atoms with Crippen molar-refractivity contribution in [2.24, 2.45) is 10.4 Å². The standard InChI is InChI=1S/C26H36N4O2/c1-27-25(29-20-26(15-9-10-16-26)24(31)30(2)3)28-17-22-13-7-8-14-23(22)19-32-18-21-11-5-4-6-12-21/h4-8,11-14H,9-10,15-20H2,1-3H3,(H2,27,28,29).